The Morgan fingerprint density at radius 2 is 0.783 bits per heavy atom. The van der Waals surface area contributed by atoms with Crippen molar-refractivity contribution in [1.82, 2.24) is 9.97 Å². The van der Waals surface area contributed by atoms with Gasteiger partial charge in [-0.1, -0.05) is 119 Å². The molecule has 0 aliphatic carbocycles. The first-order valence-corrected chi connectivity index (χ1v) is 21.7. The van der Waals surface area contributed by atoms with Crippen LogP contribution in [0, 0.1) is 22.9 Å². The second-order valence-electron chi connectivity index (χ2n) is 15.0. The van der Waals surface area contributed by atoms with Crippen LogP contribution < -0.4 is 10.6 Å². The maximum Gasteiger partial charge on any atom is 0.146 e. The molecule has 46 heavy (non-hydrogen) atoms. The topological polar surface area (TPSA) is 49.8 Å². The van der Waals surface area contributed by atoms with Gasteiger partial charge in [0.25, 0.3) is 0 Å². The van der Waals surface area contributed by atoms with Gasteiger partial charge in [-0.25, -0.2) is 9.97 Å². The molecule has 0 spiro atoms. The summed E-state index contributed by atoms with van der Waals surface area (Å²) in [4.78, 5) is 10.6. The molecule has 0 saturated carbocycles. The molecule has 0 atom stereocenters. The summed E-state index contributed by atoms with van der Waals surface area (Å²) in [5, 5.41) is 7.61. The van der Waals surface area contributed by atoms with Gasteiger partial charge in [0.2, 0.25) is 0 Å². The summed E-state index contributed by atoms with van der Waals surface area (Å²) in [6, 6.07) is 16.5. The van der Waals surface area contributed by atoms with E-state index in [-0.39, 0.29) is 0 Å². The number of rotatable bonds is 6. The number of hydrogen-bond donors (Lipinski definition) is 2. The predicted molar refractivity (Wildman–Crippen MR) is 206 cm³/mol. The lowest BCUT2D eigenvalue weighted by molar-refractivity contribution is 0.838. The van der Waals surface area contributed by atoms with Gasteiger partial charge in [0.05, 0.1) is 44.9 Å². The van der Waals surface area contributed by atoms with Crippen molar-refractivity contribution >= 4 is 61.0 Å². The fourth-order valence-electron chi connectivity index (χ4n) is 8.51. The summed E-state index contributed by atoms with van der Waals surface area (Å²) in [6.07, 6.45) is 0. The fourth-order valence-corrected chi connectivity index (χ4v) is 18.9. The van der Waals surface area contributed by atoms with E-state index in [2.05, 4.69) is 141 Å². The SMILES string of the molecule is CC(C)[Si](C#Cc1c2c(c(C#C[Si](C(C)C)(C(C)C)C(C)C)c3nc4ccccc4nc13)Nc1ccccc1N2)(C(C)C)C(C)C. The number of nitrogens with one attached hydrogen (secondary N) is 2. The van der Waals surface area contributed by atoms with E-state index in [0.717, 1.165) is 55.9 Å². The Balaban J connectivity index is 1.95. The standard InChI is InChI=1S/C40H52N4Si2/c1-25(2)45(26(3)4,27(5)6)23-21-31-37-39(43-35-19-15-13-17-33(35)41-37)32(22-24-46(28(7)8,29(9)10)30(11)12)40-38(31)42-34-18-14-16-20-36(34)44-40/h13-20,25-30,41,43H,1-12H3. The minimum absolute atomic E-state index is 0.520. The first-order chi connectivity index (χ1) is 21.7. The minimum atomic E-state index is -2.04. The van der Waals surface area contributed by atoms with E-state index in [1.54, 1.807) is 0 Å². The Labute approximate surface area is 279 Å². The highest BCUT2D eigenvalue weighted by molar-refractivity contribution is 6.91. The van der Waals surface area contributed by atoms with Gasteiger partial charge in [0, 0.05) is 0 Å². The maximum atomic E-state index is 5.31. The molecule has 240 valence electrons. The molecule has 4 nitrogen and oxygen atoms in total. The van der Waals surface area contributed by atoms with Gasteiger partial charge in [0.15, 0.2) is 0 Å². The maximum absolute atomic E-state index is 5.31. The summed E-state index contributed by atoms with van der Waals surface area (Å²) < 4.78 is 0. The lowest BCUT2D eigenvalue weighted by Crippen LogP contribution is -2.43. The first kappa shape index (κ1) is 33.8. The molecular formula is C40H52N4Si2. The van der Waals surface area contributed by atoms with Crippen molar-refractivity contribution in [2.45, 2.75) is 116 Å². The molecule has 4 aromatic rings. The Bertz CT molecular complexity index is 1720. The normalized spacial score (nSPS) is 13.1. The van der Waals surface area contributed by atoms with Gasteiger partial charge in [-0.2, -0.15) is 0 Å². The summed E-state index contributed by atoms with van der Waals surface area (Å²) in [7, 11) is -4.08. The Morgan fingerprint density at radius 1 is 0.478 bits per heavy atom. The lowest BCUT2D eigenvalue weighted by Gasteiger charge is -2.38. The number of nitrogens with zero attached hydrogens (tertiary/aromatic N) is 2. The molecule has 1 aliphatic heterocycles. The van der Waals surface area contributed by atoms with E-state index in [0.29, 0.717) is 33.2 Å². The zero-order valence-electron chi connectivity index (χ0n) is 30.0. The van der Waals surface area contributed by atoms with Crippen LogP contribution in [-0.4, -0.2) is 26.1 Å². The van der Waals surface area contributed by atoms with Gasteiger partial charge in [-0.05, 0) is 57.5 Å². The third-order valence-corrected chi connectivity index (χ3v) is 23.4. The Kier molecular flexibility index (Phi) is 9.47. The molecule has 1 aliphatic rings. The molecule has 2 N–H and O–H groups in total. The predicted octanol–water partition coefficient (Wildman–Crippen LogP) is 11.7. The number of hydrogen-bond acceptors (Lipinski definition) is 4. The van der Waals surface area contributed by atoms with E-state index in [9.17, 15) is 0 Å². The zero-order valence-corrected chi connectivity index (χ0v) is 32.0. The molecule has 0 bridgehead atoms. The van der Waals surface area contributed by atoms with Crippen LogP contribution in [0.1, 0.15) is 94.2 Å². The van der Waals surface area contributed by atoms with Crippen molar-refractivity contribution in [1.29, 1.82) is 0 Å². The third-order valence-electron chi connectivity index (χ3n) is 10.8. The second kappa shape index (κ2) is 12.9. The van der Waals surface area contributed by atoms with Gasteiger partial charge >= 0.3 is 0 Å². The first-order valence-electron chi connectivity index (χ1n) is 17.2. The molecule has 0 saturated heterocycles. The van der Waals surface area contributed by atoms with Crippen LogP contribution in [0.3, 0.4) is 0 Å². The van der Waals surface area contributed by atoms with Crippen molar-refractivity contribution in [3.05, 3.63) is 59.7 Å². The van der Waals surface area contributed by atoms with Crippen molar-refractivity contribution in [3.63, 3.8) is 0 Å². The van der Waals surface area contributed by atoms with Crippen molar-refractivity contribution in [2.24, 2.45) is 0 Å². The number of para-hydroxylation sites is 4. The lowest BCUT2D eigenvalue weighted by atomic mass is 9.99. The monoisotopic (exact) mass is 644 g/mol. The molecule has 0 unspecified atom stereocenters. The molecule has 5 rings (SSSR count). The molecular weight excluding hydrogens is 593 g/mol. The summed E-state index contributed by atoms with van der Waals surface area (Å²) in [6.45, 7) is 28.4. The second-order valence-corrected chi connectivity index (χ2v) is 26.2. The molecule has 1 aromatic heterocycles. The number of benzene rings is 3. The van der Waals surface area contributed by atoms with E-state index >= 15 is 0 Å². The van der Waals surface area contributed by atoms with Crippen LogP contribution >= 0.6 is 0 Å². The largest absolute Gasteiger partial charge is 0.351 e. The number of anilines is 4. The van der Waals surface area contributed by atoms with Crippen LogP contribution in [0.25, 0.3) is 22.1 Å². The highest BCUT2D eigenvalue weighted by Crippen LogP contribution is 2.47. The Morgan fingerprint density at radius 3 is 1.09 bits per heavy atom. The van der Waals surface area contributed by atoms with Crippen LogP contribution in [-0.2, 0) is 0 Å². The van der Waals surface area contributed by atoms with E-state index < -0.39 is 16.1 Å². The van der Waals surface area contributed by atoms with Gasteiger partial charge < -0.3 is 10.6 Å². The van der Waals surface area contributed by atoms with Crippen molar-refractivity contribution < 1.29 is 0 Å². The zero-order chi connectivity index (χ0) is 33.6. The molecule has 3 aromatic carbocycles. The smallest absolute Gasteiger partial charge is 0.146 e. The van der Waals surface area contributed by atoms with Gasteiger partial charge in [0.1, 0.15) is 27.2 Å². The summed E-state index contributed by atoms with van der Waals surface area (Å²) >= 11 is 0. The van der Waals surface area contributed by atoms with Crippen LogP contribution in [0.4, 0.5) is 22.7 Å². The molecule has 0 fully saturated rings. The van der Waals surface area contributed by atoms with E-state index in [1.807, 2.05) is 24.3 Å². The minimum Gasteiger partial charge on any atom is -0.351 e. The van der Waals surface area contributed by atoms with E-state index in [4.69, 9.17) is 9.97 Å². The molecule has 0 radical (unpaired) electrons. The molecule has 6 heteroatoms. The van der Waals surface area contributed by atoms with Crippen molar-refractivity contribution in [3.8, 4) is 22.9 Å². The van der Waals surface area contributed by atoms with Crippen LogP contribution in [0.2, 0.25) is 33.2 Å². The average Bonchev–Trinajstić information content (AvgIpc) is 2.99. The van der Waals surface area contributed by atoms with Crippen LogP contribution in [0.5, 0.6) is 0 Å². The highest BCUT2D eigenvalue weighted by atomic mass is 28.3. The van der Waals surface area contributed by atoms with Crippen molar-refractivity contribution in [2.75, 3.05) is 10.6 Å². The van der Waals surface area contributed by atoms with Crippen LogP contribution in [0.15, 0.2) is 48.5 Å². The van der Waals surface area contributed by atoms with Gasteiger partial charge in [-0.15, -0.1) is 11.1 Å². The fraction of sp³-hybridized carbons (Fsp3) is 0.450. The molecule has 0 amide bonds. The average molecular weight is 645 g/mol. The van der Waals surface area contributed by atoms with E-state index in [1.165, 1.54) is 0 Å². The summed E-state index contributed by atoms with van der Waals surface area (Å²) in [5.74, 6) is 7.64. The summed E-state index contributed by atoms with van der Waals surface area (Å²) in [5.41, 5.74) is 20.3. The number of aromatic nitrogens is 2. The Hall–Kier alpha value is -3.59. The molecule has 2 heterocycles. The third kappa shape index (κ3) is 5.54. The van der Waals surface area contributed by atoms with Gasteiger partial charge in [-0.3, -0.25) is 0 Å². The highest BCUT2D eigenvalue weighted by Gasteiger charge is 2.43. The number of fused-ring (bicyclic) bond motifs is 4. The quantitative estimate of drug-likeness (QED) is 0.110.